The first-order valence-corrected chi connectivity index (χ1v) is 9.36. The molecule has 1 aromatic heterocycles. The number of carbonyl (C=O) groups excluding carboxylic acids is 1. The van der Waals surface area contributed by atoms with Crippen molar-refractivity contribution < 1.29 is 9.53 Å². The number of hydrogen-bond acceptors (Lipinski definition) is 6. The number of hydrogen-bond donors (Lipinski definition) is 1. The van der Waals surface area contributed by atoms with Gasteiger partial charge in [-0.15, -0.1) is 10.2 Å². The van der Waals surface area contributed by atoms with E-state index in [1.807, 2.05) is 29.2 Å². The quantitative estimate of drug-likeness (QED) is 0.693. The van der Waals surface area contributed by atoms with Crippen molar-refractivity contribution in [3.05, 3.63) is 75.2 Å². The van der Waals surface area contributed by atoms with E-state index in [4.69, 9.17) is 16.3 Å². The molecular formula is C20H18ClN5O3. The van der Waals surface area contributed by atoms with Crippen LogP contribution in [0.3, 0.4) is 0 Å². The smallest absolute Gasteiger partial charge is 0.286 e. The number of anilines is 2. The van der Waals surface area contributed by atoms with E-state index >= 15 is 0 Å². The van der Waals surface area contributed by atoms with E-state index in [1.165, 1.54) is 4.57 Å². The SMILES string of the molecule is COc1ccc(N2CCn3c2nnc(C(=O)NCc2ccc(Cl)cc2)c3=O)cc1. The van der Waals surface area contributed by atoms with Gasteiger partial charge < -0.3 is 15.0 Å². The lowest BCUT2D eigenvalue weighted by Gasteiger charge is -2.17. The molecule has 0 fully saturated rings. The van der Waals surface area contributed by atoms with Gasteiger partial charge in [0.25, 0.3) is 11.5 Å². The molecule has 29 heavy (non-hydrogen) atoms. The molecule has 0 aliphatic carbocycles. The van der Waals surface area contributed by atoms with Crippen molar-refractivity contribution >= 4 is 29.1 Å². The Hall–Kier alpha value is -3.39. The summed E-state index contributed by atoms with van der Waals surface area (Å²) in [7, 11) is 1.60. The summed E-state index contributed by atoms with van der Waals surface area (Å²) in [6, 6.07) is 14.5. The van der Waals surface area contributed by atoms with Gasteiger partial charge >= 0.3 is 0 Å². The molecule has 0 unspecified atom stereocenters. The predicted molar refractivity (Wildman–Crippen MR) is 109 cm³/mol. The van der Waals surface area contributed by atoms with E-state index in [2.05, 4.69) is 15.5 Å². The number of rotatable bonds is 5. The molecule has 3 aromatic rings. The van der Waals surface area contributed by atoms with Crippen LogP contribution in [0.1, 0.15) is 16.1 Å². The Labute approximate surface area is 171 Å². The number of nitrogens with zero attached hydrogens (tertiary/aromatic N) is 4. The van der Waals surface area contributed by atoms with E-state index in [0.717, 1.165) is 17.0 Å². The number of ether oxygens (including phenoxy) is 1. The Kier molecular flexibility index (Phi) is 5.18. The minimum atomic E-state index is -0.560. The van der Waals surface area contributed by atoms with E-state index in [0.29, 0.717) is 24.1 Å². The van der Waals surface area contributed by atoms with Crippen molar-refractivity contribution in [2.75, 3.05) is 18.6 Å². The lowest BCUT2D eigenvalue weighted by Crippen LogP contribution is -2.34. The average molecular weight is 412 g/mol. The lowest BCUT2D eigenvalue weighted by atomic mass is 10.2. The van der Waals surface area contributed by atoms with E-state index in [-0.39, 0.29) is 12.2 Å². The van der Waals surface area contributed by atoms with Crippen molar-refractivity contribution in [3.63, 3.8) is 0 Å². The van der Waals surface area contributed by atoms with Gasteiger partial charge in [-0.05, 0) is 42.0 Å². The largest absolute Gasteiger partial charge is 0.497 e. The summed E-state index contributed by atoms with van der Waals surface area (Å²) >= 11 is 5.86. The van der Waals surface area contributed by atoms with Crippen molar-refractivity contribution in [2.45, 2.75) is 13.1 Å². The van der Waals surface area contributed by atoms with Crippen LogP contribution >= 0.6 is 11.6 Å². The molecule has 1 aliphatic rings. The Morgan fingerprint density at radius 1 is 1.10 bits per heavy atom. The summed E-state index contributed by atoms with van der Waals surface area (Å²) < 4.78 is 6.64. The van der Waals surface area contributed by atoms with Crippen LogP contribution < -0.4 is 20.5 Å². The third kappa shape index (κ3) is 3.79. The molecule has 0 bridgehead atoms. The zero-order valence-corrected chi connectivity index (χ0v) is 16.4. The van der Waals surface area contributed by atoms with Gasteiger partial charge in [0.05, 0.1) is 7.11 Å². The number of halogens is 1. The van der Waals surface area contributed by atoms with Crippen LogP contribution in [0.2, 0.25) is 5.02 Å². The van der Waals surface area contributed by atoms with Gasteiger partial charge in [-0.25, -0.2) is 0 Å². The third-order valence-corrected chi connectivity index (χ3v) is 4.93. The van der Waals surface area contributed by atoms with Gasteiger partial charge in [-0.2, -0.15) is 0 Å². The van der Waals surface area contributed by atoms with Gasteiger partial charge in [0.15, 0.2) is 0 Å². The van der Waals surface area contributed by atoms with Crippen LogP contribution in [0.4, 0.5) is 11.6 Å². The van der Waals surface area contributed by atoms with Crippen LogP contribution in [0, 0.1) is 0 Å². The maximum atomic E-state index is 12.8. The third-order valence-electron chi connectivity index (χ3n) is 4.68. The zero-order valence-electron chi connectivity index (χ0n) is 15.6. The fourth-order valence-electron chi connectivity index (χ4n) is 3.13. The summed E-state index contributed by atoms with van der Waals surface area (Å²) in [4.78, 5) is 27.1. The number of carbonyl (C=O) groups is 1. The number of amides is 1. The molecule has 1 aliphatic heterocycles. The molecular weight excluding hydrogens is 394 g/mol. The van der Waals surface area contributed by atoms with Crippen LogP contribution in [0.25, 0.3) is 0 Å². The molecule has 0 saturated carbocycles. The molecule has 2 aromatic carbocycles. The summed E-state index contributed by atoms with van der Waals surface area (Å²) in [5.74, 6) is 0.592. The molecule has 1 amide bonds. The molecule has 0 saturated heterocycles. The minimum absolute atomic E-state index is 0.223. The summed E-state index contributed by atoms with van der Waals surface area (Å²) in [5.41, 5.74) is 1.05. The second-order valence-corrected chi connectivity index (χ2v) is 6.90. The highest BCUT2D eigenvalue weighted by Crippen LogP contribution is 2.28. The summed E-state index contributed by atoms with van der Waals surface area (Å²) in [6.07, 6.45) is 0. The van der Waals surface area contributed by atoms with Gasteiger partial charge in [-0.1, -0.05) is 23.7 Å². The molecule has 0 atom stereocenters. The molecule has 0 radical (unpaired) electrons. The highest BCUT2D eigenvalue weighted by atomic mass is 35.5. The lowest BCUT2D eigenvalue weighted by molar-refractivity contribution is 0.0942. The second kappa shape index (κ2) is 7.92. The van der Waals surface area contributed by atoms with E-state index in [1.54, 1.807) is 31.4 Å². The number of aromatic nitrogens is 3. The van der Waals surface area contributed by atoms with Crippen LogP contribution in [0.5, 0.6) is 5.75 Å². The number of methoxy groups -OCH3 is 1. The summed E-state index contributed by atoms with van der Waals surface area (Å²) in [5, 5.41) is 11.4. The average Bonchev–Trinajstić information content (AvgIpc) is 3.18. The molecule has 148 valence electrons. The molecule has 0 spiro atoms. The highest BCUT2D eigenvalue weighted by molar-refractivity contribution is 6.30. The normalized spacial score (nSPS) is 12.6. The topological polar surface area (TPSA) is 89.3 Å². The van der Waals surface area contributed by atoms with Crippen molar-refractivity contribution in [1.82, 2.24) is 20.1 Å². The maximum absolute atomic E-state index is 12.8. The number of nitrogens with one attached hydrogen (secondary N) is 1. The first-order chi connectivity index (χ1) is 14.1. The number of benzene rings is 2. The van der Waals surface area contributed by atoms with Crippen molar-refractivity contribution in [3.8, 4) is 5.75 Å². The van der Waals surface area contributed by atoms with Gasteiger partial charge in [0.2, 0.25) is 11.6 Å². The van der Waals surface area contributed by atoms with Crippen LogP contribution in [-0.4, -0.2) is 34.3 Å². The molecule has 2 heterocycles. The van der Waals surface area contributed by atoms with Crippen molar-refractivity contribution in [2.24, 2.45) is 0 Å². The maximum Gasteiger partial charge on any atom is 0.286 e. The Morgan fingerprint density at radius 3 is 2.52 bits per heavy atom. The van der Waals surface area contributed by atoms with E-state index < -0.39 is 11.5 Å². The van der Waals surface area contributed by atoms with Gasteiger partial charge in [0, 0.05) is 30.3 Å². The standard InChI is InChI=1S/C20H18ClN5O3/c1-29-16-8-6-15(7-9-16)25-10-11-26-19(28)17(23-24-20(25)26)18(27)22-12-13-2-4-14(21)5-3-13/h2-9H,10-12H2,1H3,(H,22,27). The highest BCUT2D eigenvalue weighted by Gasteiger charge is 2.27. The first-order valence-electron chi connectivity index (χ1n) is 8.98. The Balaban J connectivity index is 1.53. The van der Waals surface area contributed by atoms with Gasteiger partial charge in [0.1, 0.15) is 5.75 Å². The molecule has 8 nitrogen and oxygen atoms in total. The Bertz CT molecular complexity index is 1100. The molecule has 9 heteroatoms. The van der Waals surface area contributed by atoms with Crippen LogP contribution in [-0.2, 0) is 13.1 Å². The molecule has 4 rings (SSSR count). The zero-order chi connectivity index (χ0) is 20.4. The monoisotopic (exact) mass is 411 g/mol. The minimum Gasteiger partial charge on any atom is -0.497 e. The fourth-order valence-corrected chi connectivity index (χ4v) is 3.25. The fraction of sp³-hybridized carbons (Fsp3) is 0.200. The predicted octanol–water partition coefficient (Wildman–Crippen LogP) is 2.38. The van der Waals surface area contributed by atoms with Gasteiger partial charge in [-0.3, -0.25) is 14.2 Å². The first kappa shape index (κ1) is 18.9. The summed E-state index contributed by atoms with van der Waals surface area (Å²) in [6.45, 7) is 1.25. The number of fused-ring (bicyclic) bond motifs is 1. The molecule has 1 N–H and O–H groups in total. The van der Waals surface area contributed by atoms with Crippen molar-refractivity contribution in [1.29, 1.82) is 0 Å². The Morgan fingerprint density at radius 2 is 1.83 bits per heavy atom. The van der Waals surface area contributed by atoms with Crippen LogP contribution in [0.15, 0.2) is 53.3 Å². The van der Waals surface area contributed by atoms with E-state index in [9.17, 15) is 9.59 Å². The second-order valence-electron chi connectivity index (χ2n) is 6.46.